The maximum absolute atomic E-state index is 9.87. The number of imidazole rings is 1. The SMILES string of the molecule is CN(CC1CCCC1O)c1nc2ccccc2[nH]1. The number of aliphatic hydroxyl groups excluding tert-OH is 1. The summed E-state index contributed by atoms with van der Waals surface area (Å²) in [6, 6.07) is 8.04. The third-order valence-electron chi connectivity index (χ3n) is 3.87. The van der Waals surface area contributed by atoms with Crippen LogP contribution < -0.4 is 4.90 Å². The lowest BCUT2D eigenvalue weighted by atomic mass is 10.1. The number of hydrogen-bond acceptors (Lipinski definition) is 3. The normalized spacial score (nSPS) is 23.7. The van der Waals surface area contributed by atoms with Crippen molar-refractivity contribution in [2.24, 2.45) is 5.92 Å². The van der Waals surface area contributed by atoms with Gasteiger partial charge in [0.1, 0.15) is 0 Å². The van der Waals surface area contributed by atoms with Crippen LogP contribution in [0, 0.1) is 5.92 Å². The fourth-order valence-electron chi connectivity index (χ4n) is 2.79. The number of nitrogens with one attached hydrogen (secondary N) is 1. The summed E-state index contributed by atoms with van der Waals surface area (Å²) in [6.45, 7) is 0.862. The van der Waals surface area contributed by atoms with Gasteiger partial charge in [-0.25, -0.2) is 4.98 Å². The van der Waals surface area contributed by atoms with Crippen LogP contribution in [0.3, 0.4) is 0 Å². The molecule has 1 aliphatic rings. The molecule has 2 unspecified atom stereocenters. The van der Waals surface area contributed by atoms with Crippen LogP contribution in [0.1, 0.15) is 19.3 Å². The number of benzene rings is 1. The molecule has 1 aromatic carbocycles. The Bertz CT molecular complexity index is 504. The lowest BCUT2D eigenvalue weighted by Crippen LogP contribution is -2.30. The average Bonchev–Trinajstić information content (AvgIpc) is 2.96. The Hall–Kier alpha value is -1.55. The van der Waals surface area contributed by atoms with E-state index in [1.807, 2.05) is 31.3 Å². The number of H-pyrrole nitrogens is 1. The number of aromatic nitrogens is 2. The molecule has 0 amide bonds. The monoisotopic (exact) mass is 245 g/mol. The summed E-state index contributed by atoms with van der Waals surface area (Å²) < 4.78 is 0. The maximum atomic E-state index is 9.87. The fourth-order valence-corrected chi connectivity index (χ4v) is 2.79. The van der Waals surface area contributed by atoms with Crippen LogP contribution in [0.2, 0.25) is 0 Å². The molecule has 0 bridgehead atoms. The molecule has 18 heavy (non-hydrogen) atoms. The largest absolute Gasteiger partial charge is 0.393 e. The summed E-state index contributed by atoms with van der Waals surface area (Å²) in [5.41, 5.74) is 2.05. The van der Waals surface area contributed by atoms with Gasteiger partial charge in [0.2, 0.25) is 5.95 Å². The molecule has 0 saturated heterocycles. The Kier molecular flexibility index (Phi) is 2.96. The fraction of sp³-hybridized carbons (Fsp3) is 0.500. The topological polar surface area (TPSA) is 52.1 Å². The van der Waals surface area contributed by atoms with Gasteiger partial charge >= 0.3 is 0 Å². The summed E-state index contributed by atoms with van der Waals surface area (Å²) in [7, 11) is 2.03. The van der Waals surface area contributed by atoms with E-state index in [0.717, 1.165) is 42.8 Å². The van der Waals surface area contributed by atoms with E-state index in [1.165, 1.54) is 0 Å². The summed E-state index contributed by atoms with van der Waals surface area (Å²) in [4.78, 5) is 10.00. The Morgan fingerprint density at radius 2 is 2.22 bits per heavy atom. The molecule has 4 heteroatoms. The Morgan fingerprint density at radius 1 is 1.39 bits per heavy atom. The van der Waals surface area contributed by atoms with Crippen LogP contribution >= 0.6 is 0 Å². The van der Waals surface area contributed by atoms with E-state index in [9.17, 15) is 5.11 Å². The summed E-state index contributed by atoms with van der Waals surface area (Å²) >= 11 is 0. The first-order valence-electron chi connectivity index (χ1n) is 6.58. The van der Waals surface area contributed by atoms with Gasteiger partial charge in [-0.2, -0.15) is 0 Å². The minimum atomic E-state index is -0.142. The van der Waals surface area contributed by atoms with Crippen LogP contribution in [0.25, 0.3) is 11.0 Å². The highest BCUT2D eigenvalue weighted by Gasteiger charge is 2.26. The van der Waals surface area contributed by atoms with Crippen LogP contribution in [-0.2, 0) is 0 Å². The molecule has 2 N–H and O–H groups in total. The number of para-hydroxylation sites is 2. The van der Waals surface area contributed by atoms with Crippen molar-refractivity contribution < 1.29 is 5.11 Å². The zero-order chi connectivity index (χ0) is 12.5. The average molecular weight is 245 g/mol. The van der Waals surface area contributed by atoms with Crippen molar-refractivity contribution in [1.29, 1.82) is 0 Å². The van der Waals surface area contributed by atoms with Crippen LogP contribution in [0.15, 0.2) is 24.3 Å². The summed E-state index contributed by atoms with van der Waals surface area (Å²) in [5.74, 6) is 1.26. The highest BCUT2D eigenvalue weighted by molar-refractivity contribution is 5.77. The molecule has 1 fully saturated rings. The summed E-state index contributed by atoms with van der Waals surface area (Å²) in [6.07, 6.45) is 3.06. The molecule has 1 aromatic heterocycles. The minimum Gasteiger partial charge on any atom is -0.393 e. The van der Waals surface area contributed by atoms with E-state index >= 15 is 0 Å². The first-order chi connectivity index (χ1) is 8.74. The lowest BCUT2D eigenvalue weighted by Gasteiger charge is -2.22. The first-order valence-corrected chi connectivity index (χ1v) is 6.58. The van der Waals surface area contributed by atoms with Crippen molar-refractivity contribution in [3.63, 3.8) is 0 Å². The molecule has 4 nitrogen and oxygen atoms in total. The van der Waals surface area contributed by atoms with Gasteiger partial charge in [-0.05, 0) is 25.0 Å². The van der Waals surface area contributed by atoms with Gasteiger partial charge in [-0.15, -0.1) is 0 Å². The number of rotatable bonds is 3. The van der Waals surface area contributed by atoms with Gasteiger partial charge in [0.15, 0.2) is 0 Å². The van der Waals surface area contributed by atoms with Crippen molar-refractivity contribution in [1.82, 2.24) is 9.97 Å². The molecule has 0 spiro atoms. The second-order valence-electron chi connectivity index (χ2n) is 5.22. The van der Waals surface area contributed by atoms with E-state index in [-0.39, 0.29) is 6.10 Å². The predicted molar refractivity (Wildman–Crippen MR) is 72.7 cm³/mol. The van der Waals surface area contributed by atoms with Crippen LogP contribution in [-0.4, -0.2) is 34.8 Å². The quantitative estimate of drug-likeness (QED) is 0.871. The Balaban J connectivity index is 1.77. The molecule has 2 atom stereocenters. The van der Waals surface area contributed by atoms with Crippen molar-refractivity contribution in [3.05, 3.63) is 24.3 Å². The molecular weight excluding hydrogens is 226 g/mol. The van der Waals surface area contributed by atoms with Crippen molar-refractivity contribution >= 4 is 17.0 Å². The lowest BCUT2D eigenvalue weighted by molar-refractivity contribution is 0.135. The van der Waals surface area contributed by atoms with Gasteiger partial charge in [0, 0.05) is 19.5 Å². The summed E-state index contributed by atoms with van der Waals surface area (Å²) in [5, 5.41) is 9.87. The van der Waals surface area contributed by atoms with Gasteiger partial charge in [-0.3, -0.25) is 0 Å². The highest BCUT2D eigenvalue weighted by Crippen LogP contribution is 2.27. The van der Waals surface area contributed by atoms with E-state index in [2.05, 4.69) is 14.9 Å². The number of aromatic amines is 1. The van der Waals surface area contributed by atoms with Crippen LogP contribution in [0.4, 0.5) is 5.95 Å². The minimum absolute atomic E-state index is 0.142. The standard InChI is InChI=1S/C14H19N3O/c1-17(9-10-5-4-8-13(10)18)14-15-11-6-2-3-7-12(11)16-14/h2-3,6-7,10,13,18H,4-5,8-9H2,1H3,(H,15,16). The van der Waals surface area contributed by atoms with Gasteiger partial charge in [0.25, 0.3) is 0 Å². The molecule has 0 radical (unpaired) electrons. The molecule has 2 aromatic rings. The van der Waals surface area contributed by atoms with E-state index in [1.54, 1.807) is 0 Å². The molecular formula is C14H19N3O. The Morgan fingerprint density at radius 3 is 2.94 bits per heavy atom. The van der Waals surface area contributed by atoms with Gasteiger partial charge in [-0.1, -0.05) is 18.6 Å². The molecule has 0 aliphatic heterocycles. The van der Waals surface area contributed by atoms with E-state index in [0.29, 0.717) is 5.92 Å². The number of hydrogen-bond donors (Lipinski definition) is 2. The van der Waals surface area contributed by atoms with Gasteiger partial charge < -0.3 is 15.0 Å². The second-order valence-corrected chi connectivity index (χ2v) is 5.22. The van der Waals surface area contributed by atoms with Crippen molar-refractivity contribution in [2.45, 2.75) is 25.4 Å². The van der Waals surface area contributed by atoms with Crippen molar-refractivity contribution in [2.75, 3.05) is 18.5 Å². The molecule has 1 aliphatic carbocycles. The van der Waals surface area contributed by atoms with E-state index < -0.39 is 0 Å². The highest BCUT2D eigenvalue weighted by atomic mass is 16.3. The molecule has 1 heterocycles. The van der Waals surface area contributed by atoms with Gasteiger partial charge in [0.05, 0.1) is 17.1 Å². The zero-order valence-corrected chi connectivity index (χ0v) is 10.6. The molecule has 96 valence electrons. The van der Waals surface area contributed by atoms with E-state index in [4.69, 9.17) is 0 Å². The van der Waals surface area contributed by atoms with Crippen molar-refractivity contribution in [3.8, 4) is 0 Å². The number of aliphatic hydroxyl groups is 1. The third-order valence-corrected chi connectivity index (χ3v) is 3.87. The number of anilines is 1. The number of nitrogens with zero attached hydrogens (tertiary/aromatic N) is 2. The number of fused-ring (bicyclic) bond motifs is 1. The smallest absolute Gasteiger partial charge is 0.203 e. The maximum Gasteiger partial charge on any atom is 0.203 e. The second kappa shape index (κ2) is 4.61. The van der Waals surface area contributed by atoms with Crippen LogP contribution in [0.5, 0.6) is 0 Å². The zero-order valence-electron chi connectivity index (χ0n) is 10.6. The first kappa shape index (κ1) is 11.5. The Labute approximate surface area is 107 Å². The molecule has 1 saturated carbocycles. The predicted octanol–water partition coefficient (Wildman–Crippen LogP) is 2.16. The third kappa shape index (κ3) is 2.08. The molecule has 3 rings (SSSR count).